The van der Waals surface area contributed by atoms with Gasteiger partial charge in [0.1, 0.15) is 11.5 Å². The lowest BCUT2D eigenvalue weighted by molar-refractivity contribution is 0.0946. The van der Waals surface area contributed by atoms with Crippen LogP contribution in [0.4, 0.5) is 0 Å². The van der Waals surface area contributed by atoms with E-state index in [2.05, 4.69) is 10.3 Å². The molecule has 0 saturated heterocycles. The van der Waals surface area contributed by atoms with E-state index >= 15 is 0 Å². The van der Waals surface area contributed by atoms with Crippen LogP contribution in [0.15, 0.2) is 40.1 Å². The molecule has 1 N–H and O–H groups in total. The zero-order valence-corrected chi connectivity index (χ0v) is 15.0. The molecule has 0 spiro atoms. The molecular formula is C18H18N2O4S. The summed E-state index contributed by atoms with van der Waals surface area (Å²) in [6, 6.07) is 9.23. The number of carbonyl (C=O) groups is 1. The van der Waals surface area contributed by atoms with Gasteiger partial charge in [-0.25, -0.2) is 4.98 Å². The molecular weight excluding hydrogens is 340 g/mol. The van der Waals surface area contributed by atoms with Crippen molar-refractivity contribution in [3.05, 3.63) is 52.7 Å². The van der Waals surface area contributed by atoms with Gasteiger partial charge in [-0.3, -0.25) is 4.79 Å². The van der Waals surface area contributed by atoms with E-state index in [0.29, 0.717) is 34.5 Å². The summed E-state index contributed by atoms with van der Waals surface area (Å²) in [6.45, 7) is 2.24. The Bertz CT molecular complexity index is 885. The minimum absolute atomic E-state index is 0.236. The molecule has 130 valence electrons. The zero-order valence-electron chi connectivity index (χ0n) is 14.2. The Hall–Kier alpha value is -2.80. The summed E-state index contributed by atoms with van der Waals surface area (Å²) >= 11 is 1.37. The molecule has 0 unspecified atom stereocenters. The minimum atomic E-state index is -0.236. The van der Waals surface area contributed by atoms with E-state index in [-0.39, 0.29) is 5.91 Å². The van der Waals surface area contributed by atoms with Crippen molar-refractivity contribution in [2.45, 2.75) is 13.5 Å². The summed E-state index contributed by atoms with van der Waals surface area (Å²) in [4.78, 5) is 16.6. The second kappa shape index (κ2) is 7.40. The van der Waals surface area contributed by atoms with E-state index in [0.717, 1.165) is 11.3 Å². The largest absolute Gasteiger partial charge is 0.493 e. The fraction of sp³-hybridized carbons (Fsp3) is 0.222. The smallest absolute Gasteiger partial charge is 0.271 e. The standard InChI is InChI=1S/C18H18N2O4S/c1-11-4-6-15(24-11)18-20-13(10-25-18)17(21)19-9-12-5-7-14(22-2)16(8-12)23-3/h4-8,10H,9H2,1-3H3,(H,19,21). The number of aryl methyl sites for hydroxylation is 1. The second-order valence-corrected chi connectivity index (χ2v) is 6.18. The number of aromatic nitrogens is 1. The molecule has 3 aromatic rings. The van der Waals surface area contributed by atoms with Crippen molar-refractivity contribution < 1.29 is 18.7 Å². The molecule has 3 rings (SSSR count). The Balaban J connectivity index is 1.66. The lowest BCUT2D eigenvalue weighted by atomic mass is 10.2. The van der Waals surface area contributed by atoms with Crippen LogP contribution in [0.25, 0.3) is 10.8 Å². The second-order valence-electron chi connectivity index (χ2n) is 5.32. The van der Waals surface area contributed by atoms with Gasteiger partial charge in [0.2, 0.25) is 0 Å². The predicted molar refractivity (Wildman–Crippen MR) is 95.3 cm³/mol. The summed E-state index contributed by atoms with van der Waals surface area (Å²) in [6.07, 6.45) is 0. The molecule has 0 aliphatic rings. The Morgan fingerprint density at radius 3 is 2.68 bits per heavy atom. The average molecular weight is 358 g/mol. The zero-order chi connectivity index (χ0) is 17.8. The third kappa shape index (κ3) is 3.83. The third-order valence-corrected chi connectivity index (χ3v) is 4.45. The van der Waals surface area contributed by atoms with Crippen LogP contribution in [0, 0.1) is 6.92 Å². The number of furan rings is 1. The molecule has 7 heteroatoms. The number of rotatable bonds is 6. The molecule has 0 bridgehead atoms. The lowest BCUT2D eigenvalue weighted by Crippen LogP contribution is -2.23. The van der Waals surface area contributed by atoms with E-state index in [4.69, 9.17) is 13.9 Å². The fourth-order valence-electron chi connectivity index (χ4n) is 2.30. The number of ether oxygens (including phenoxy) is 2. The number of nitrogens with zero attached hydrogens (tertiary/aromatic N) is 1. The highest BCUT2D eigenvalue weighted by atomic mass is 32.1. The molecule has 0 saturated carbocycles. The van der Waals surface area contributed by atoms with Crippen LogP contribution in [0.1, 0.15) is 21.8 Å². The maximum atomic E-state index is 12.3. The Morgan fingerprint density at radius 1 is 1.20 bits per heavy atom. The van der Waals surface area contributed by atoms with Crippen LogP contribution in [-0.4, -0.2) is 25.1 Å². The van der Waals surface area contributed by atoms with Gasteiger partial charge in [-0.05, 0) is 36.8 Å². The molecule has 0 fully saturated rings. The minimum Gasteiger partial charge on any atom is -0.493 e. The van der Waals surface area contributed by atoms with Crippen molar-refractivity contribution >= 4 is 17.2 Å². The average Bonchev–Trinajstić information content (AvgIpc) is 3.28. The molecule has 1 amide bonds. The highest BCUT2D eigenvalue weighted by Crippen LogP contribution is 2.28. The van der Waals surface area contributed by atoms with Crippen LogP contribution < -0.4 is 14.8 Å². The van der Waals surface area contributed by atoms with Gasteiger partial charge in [0.15, 0.2) is 22.3 Å². The number of methoxy groups -OCH3 is 2. The highest BCUT2D eigenvalue weighted by Gasteiger charge is 2.14. The van der Waals surface area contributed by atoms with Gasteiger partial charge in [0, 0.05) is 11.9 Å². The van der Waals surface area contributed by atoms with Crippen molar-refractivity contribution in [2.24, 2.45) is 0 Å². The quantitative estimate of drug-likeness (QED) is 0.728. The van der Waals surface area contributed by atoms with Gasteiger partial charge in [-0.15, -0.1) is 11.3 Å². The molecule has 0 radical (unpaired) electrons. The summed E-state index contributed by atoms with van der Waals surface area (Å²) in [5, 5.41) is 5.26. The number of hydrogen-bond acceptors (Lipinski definition) is 6. The summed E-state index contributed by atoms with van der Waals surface area (Å²) in [5.41, 5.74) is 1.28. The number of nitrogens with one attached hydrogen (secondary N) is 1. The molecule has 6 nitrogen and oxygen atoms in total. The number of carbonyl (C=O) groups excluding carboxylic acids is 1. The molecule has 2 aromatic heterocycles. The third-order valence-electron chi connectivity index (χ3n) is 3.59. The summed E-state index contributed by atoms with van der Waals surface area (Å²) < 4.78 is 16.0. The van der Waals surface area contributed by atoms with Crippen molar-refractivity contribution in [2.75, 3.05) is 14.2 Å². The fourth-order valence-corrected chi connectivity index (χ4v) is 3.06. The molecule has 0 aliphatic heterocycles. The van der Waals surface area contributed by atoms with Crippen LogP contribution in [0.2, 0.25) is 0 Å². The normalized spacial score (nSPS) is 10.5. The maximum absolute atomic E-state index is 12.3. The number of thiazole rings is 1. The van der Waals surface area contributed by atoms with Gasteiger partial charge in [-0.2, -0.15) is 0 Å². The first-order chi connectivity index (χ1) is 12.1. The van der Waals surface area contributed by atoms with Crippen molar-refractivity contribution in [3.8, 4) is 22.3 Å². The SMILES string of the molecule is COc1ccc(CNC(=O)c2csc(-c3ccc(C)o3)n2)cc1OC. The van der Waals surface area contributed by atoms with Gasteiger partial charge < -0.3 is 19.2 Å². The number of hydrogen-bond donors (Lipinski definition) is 1. The first kappa shape index (κ1) is 17.0. The molecule has 0 atom stereocenters. The predicted octanol–water partition coefficient (Wildman–Crippen LogP) is 3.66. The first-order valence-corrected chi connectivity index (χ1v) is 8.50. The lowest BCUT2D eigenvalue weighted by Gasteiger charge is -2.10. The summed E-state index contributed by atoms with van der Waals surface area (Å²) in [5.74, 6) is 2.51. The molecule has 25 heavy (non-hydrogen) atoms. The molecule has 0 aliphatic carbocycles. The highest BCUT2D eigenvalue weighted by molar-refractivity contribution is 7.13. The van der Waals surface area contributed by atoms with Crippen molar-refractivity contribution in [1.29, 1.82) is 0 Å². The molecule has 2 heterocycles. The monoisotopic (exact) mass is 358 g/mol. The van der Waals surface area contributed by atoms with Crippen LogP contribution in [-0.2, 0) is 6.54 Å². The van der Waals surface area contributed by atoms with Crippen LogP contribution >= 0.6 is 11.3 Å². The van der Waals surface area contributed by atoms with Gasteiger partial charge >= 0.3 is 0 Å². The van der Waals surface area contributed by atoms with E-state index in [9.17, 15) is 4.79 Å². The van der Waals surface area contributed by atoms with E-state index in [1.807, 2.05) is 31.2 Å². The van der Waals surface area contributed by atoms with E-state index < -0.39 is 0 Å². The topological polar surface area (TPSA) is 73.6 Å². The van der Waals surface area contributed by atoms with E-state index in [1.54, 1.807) is 25.7 Å². The number of benzene rings is 1. The van der Waals surface area contributed by atoms with Gasteiger partial charge in [-0.1, -0.05) is 6.07 Å². The number of amides is 1. The van der Waals surface area contributed by atoms with Crippen molar-refractivity contribution in [1.82, 2.24) is 10.3 Å². The van der Waals surface area contributed by atoms with Gasteiger partial charge in [0.25, 0.3) is 5.91 Å². The Kier molecular flexibility index (Phi) is 5.04. The first-order valence-electron chi connectivity index (χ1n) is 7.62. The van der Waals surface area contributed by atoms with Crippen molar-refractivity contribution in [3.63, 3.8) is 0 Å². The van der Waals surface area contributed by atoms with Gasteiger partial charge in [0.05, 0.1) is 14.2 Å². The Morgan fingerprint density at radius 2 is 2.00 bits per heavy atom. The van der Waals surface area contributed by atoms with Crippen LogP contribution in [0.5, 0.6) is 11.5 Å². The molecule has 1 aromatic carbocycles. The Labute approximate surface area is 149 Å². The summed E-state index contributed by atoms with van der Waals surface area (Å²) in [7, 11) is 3.16. The van der Waals surface area contributed by atoms with E-state index in [1.165, 1.54) is 11.3 Å². The van der Waals surface area contributed by atoms with Crippen LogP contribution in [0.3, 0.4) is 0 Å². The maximum Gasteiger partial charge on any atom is 0.271 e.